The van der Waals surface area contributed by atoms with E-state index < -0.39 is 5.54 Å². The summed E-state index contributed by atoms with van der Waals surface area (Å²) in [7, 11) is 0. The third-order valence-electron chi connectivity index (χ3n) is 4.90. The van der Waals surface area contributed by atoms with Crippen molar-refractivity contribution in [2.24, 2.45) is 11.1 Å². The lowest BCUT2D eigenvalue weighted by Crippen LogP contribution is -2.62. The van der Waals surface area contributed by atoms with E-state index in [9.17, 15) is 5.11 Å². The number of hydrogen-bond donors (Lipinski definition) is 2. The Labute approximate surface area is 106 Å². The summed E-state index contributed by atoms with van der Waals surface area (Å²) in [4.78, 5) is 2.55. The van der Waals surface area contributed by atoms with Crippen LogP contribution in [0.3, 0.4) is 0 Å². The van der Waals surface area contributed by atoms with E-state index in [4.69, 9.17) is 5.73 Å². The summed E-state index contributed by atoms with van der Waals surface area (Å²) >= 11 is 0. The maximum Gasteiger partial charge on any atom is 0.0614 e. The van der Waals surface area contributed by atoms with E-state index in [2.05, 4.69) is 25.7 Å². The average Bonchev–Trinajstić information content (AvgIpc) is 2.53. The van der Waals surface area contributed by atoms with Gasteiger partial charge in [-0.2, -0.15) is 0 Å². The molecule has 1 unspecified atom stereocenters. The van der Waals surface area contributed by atoms with Crippen LogP contribution in [0.25, 0.3) is 0 Å². The van der Waals surface area contributed by atoms with Crippen molar-refractivity contribution in [3.63, 3.8) is 0 Å². The zero-order valence-corrected chi connectivity index (χ0v) is 12.0. The molecule has 0 aromatic carbocycles. The molecular formula is C14H30N2O. The first-order chi connectivity index (χ1) is 7.86. The Hall–Kier alpha value is -0.120. The van der Waals surface area contributed by atoms with Crippen LogP contribution in [0.2, 0.25) is 0 Å². The van der Waals surface area contributed by atoms with Gasteiger partial charge in [0, 0.05) is 17.0 Å². The van der Waals surface area contributed by atoms with Crippen LogP contribution in [-0.4, -0.2) is 41.3 Å². The second-order valence-electron chi connectivity index (χ2n) is 6.29. The van der Waals surface area contributed by atoms with Gasteiger partial charge in [-0.3, -0.25) is 0 Å². The van der Waals surface area contributed by atoms with Crippen LogP contribution < -0.4 is 5.73 Å². The van der Waals surface area contributed by atoms with Crippen LogP contribution in [-0.2, 0) is 0 Å². The third kappa shape index (κ3) is 3.01. The van der Waals surface area contributed by atoms with E-state index in [0.717, 1.165) is 6.54 Å². The summed E-state index contributed by atoms with van der Waals surface area (Å²) in [6, 6.07) is 0.483. The molecule has 1 fully saturated rings. The van der Waals surface area contributed by atoms with E-state index in [1.54, 1.807) is 0 Å². The Morgan fingerprint density at radius 1 is 1.24 bits per heavy atom. The molecule has 3 N–H and O–H groups in total. The van der Waals surface area contributed by atoms with Crippen LogP contribution in [0.4, 0.5) is 0 Å². The number of aliphatic hydroxyl groups is 1. The summed E-state index contributed by atoms with van der Waals surface area (Å²) in [6.45, 7) is 10.9. The van der Waals surface area contributed by atoms with Crippen molar-refractivity contribution < 1.29 is 5.11 Å². The molecule has 0 aromatic heterocycles. The predicted octanol–water partition coefficient (Wildman–Crippen LogP) is 1.99. The Morgan fingerprint density at radius 2 is 1.88 bits per heavy atom. The quantitative estimate of drug-likeness (QED) is 0.792. The van der Waals surface area contributed by atoms with Crippen molar-refractivity contribution in [1.82, 2.24) is 4.90 Å². The summed E-state index contributed by atoms with van der Waals surface area (Å²) < 4.78 is 0. The molecule has 0 saturated carbocycles. The monoisotopic (exact) mass is 242 g/mol. The van der Waals surface area contributed by atoms with Crippen molar-refractivity contribution >= 4 is 0 Å². The van der Waals surface area contributed by atoms with Crippen LogP contribution in [0.5, 0.6) is 0 Å². The zero-order valence-electron chi connectivity index (χ0n) is 12.0. The fourth-order valence-corrected chi connectivity index (χ4v) is 2.95. The van der Waals surface area contributed by atoms with Crippen molar-refractivity contribution in [3.8, 4) is 0 Å². The topological polar surface area (TPSA) is 49.5 Å². The molecule has 0 aromatic rings. The molecule has 1 aliphatic rings. The van der Waals surface area contributed by atoms with Gasteiger partial charge in [-0.15, -0.1) is 0 Å². The molecular weight excluding hydrogens is 212 g/mol. The second-order valence-corrected chi connectivity index (χ2v) is 6.29. The zero-order chi connectivity index (χ0) is 13.1. The number of rotatable bonds is 4. The van der Waals surface area contributed by atoms with Gasteiger partial charge in [-0.05, 0) is 32.9 Å². The summed E-state index contributed by atoms with van der Waals surface area (Å²) in [5.41, 5.74) is 5.73. The summed E-state index contributed by atoms with van der Waals surface area (Å²) in [5.74, 6) is 0. The minimum absolute atomic E-state index is 0.0497. The Morgan fingerprint density at radius 3 is 2.41 bits per heavy atom. The first-order valence-electron chi connectivity index (χ1n) is 7.00. The van der Waals surface area contributed by atoms with Gasteiger partial charge in [0.05, 0.1) is 6.61 Å². The number of hydrogen-bond acceptors (Lipinski definition) is 3. The minimum atomic E-state index is -0.518. The van der Waals surface area contributed by atoms with E-state index in [-0.39, 0.29) is 12.0 Å². The highest BCUT2D eigenvalue weighted by Crippen LogP contribution is 2.38. The van der Waals surface area contributed by atoms with Gasteiger partial charge in [-0.25, -0.2) is 0 Å². The van der Waals surface area contributed by atoms with E-state index in [1.807, 2.05) is 6.92 Å². The minimum Gasteiger partial charge on any atom is -0.394 e. The maximum absolute atomic E-state index is 9.55. The number of nitrogens with two attached hydrogens (primary N) is 1. The van der Waals surface area contributed by atoms with Gasteiger partial charge in [0.2, 0.25) is 0 Å². The van der Waals surface area contributed by atoms with E-state index in [1.165, 1.54) is 32.2 Å². The Balaban J connectivity index is 2.92. The highest BCUT2D eigenvalue weighted by Gasteiger charge is 2.45. The third-order valence-corrected chi connectivity index (χ3v) is 4.90. The van der Waals surface area contributed by atoms with Crippen LogP contribution >= 0.6 is 0 Å². The smallest absolute Gasteiger partial charge is 0.0614 e. The Kier molecular flexibility index (Phi) is 4.99. The Bertz CT molecular complexity index is 238. The van der Waals surface area contributed by atoms with Crippen LogP contribution in [0.1, 0.15) is 53.4 Å². The first-order valence-corrected chi connectivity index (χ1v) is 7.00. The molecule has 0 bridgehead atoms. The lowest BCUT2D eigenvalue weighted by molar-refractivity contribution is 0.00640. The largest absolute Gasteiger partial charge is 0.394 e. The van der Waals surface area contributed by atoms with E-state index >= 15 is 0 Å². The fourth-order valence-electron chi connectivity index (χ4n) is 2.95. The predicted molar refractivity (Wildman–Crippen MR) is 73.0 cm³/mol. The van der Waals surface area contributed by atoms with Gasteiger partial charge in [0.15, 0.2) is 0 Å². The summed E-state index contributed by atoms with van der Waals surface area (Å²) in [6.07, 6.45) is 5.10. The van der Waals surface area contributed by atoms with E-state index in [0.29, 0.717) is 6.04 Å². The molecule has 0 amide bonds. The standard InChI is InChI=1S/C14H30N2O/c1-5-16-10-8-6-7-9-12(16)13(2,3)14(4,15)11-17/h12,17H,5-11,15H2,1-4H3/t12-,14?/m1/s1. The molecule has 2 atom stereocenters. The summed E-state index contributed by atoms with van der Waals surface area (Å²) in [5, 5.41) is 9.55. The molecule has 102 valence electrons. The van der Waals surface area contributed by atoms with Crippen LogP contribution in [0.15, 0.2) is 0 Å². The van der Waals surface area contributed by atoms with Crippen molar-refractivity contribution in [1.29, 1.82) is 0 Å². The number of nitrogens with zero attached hydrogens (tertiary/aromatic N) is 1. The second kappa shape index (κ2) is 5.68. The SMILES string of the molecule is CCN1CCCCC[C@@H]1C(C)(C)C(C)(N)CO. The first kappa shape index (κ1) is 14.9. The van der Waals surface area contributed by atoms with Crippen molar-refractivity contribution in [3.05, 3.63) is 0 Å². The van der Waals surface area contributed by atoms with Crippen LogP contribution in [0, 0.1) is 5.41 Å². The number of aliphatic hydroxyl groups excluding tert-OH is 1. The lowest BCUT2D eigenvalue weighted by Gasteiger charge is -2.49. The van der Waals surface area contributed by atoms with Crippen molar-refractivity contribution in [2.75, 3.05) is 19.7 Å². The number of likely N-dealkylation sites (tertiary alicyclic amines) is 1. The highest BCUT2D eigenvalue weighted by atomic mass is 16.3. The molecule has 1 heterocycles. The normalized spacial score (nSPS) is 27.5. The molecule has 0 radical (unpaired) electrons. The van der Waals surface area contributed by atoms with Gasteiger partial charge in [-0.1, -0.05) is 33.6 Å². The molecule has 1 aliphatic heterocycles. The molecule has 3 nitrogen and oxygen atoms in total. The molecule has 17 heavy (non-hydrogen) atoms. The molecule has 1 saturated heterocycles. The fraction of sp³-hybridized carbons (Fsp3) is 1.00. The molecule has 1 rings (SSSR count). The van der Waals surface area contributed by atoms with Gasteiger partial charge in [0.1, 0.15) is 0 Å². The highest BCUT2D eigenvalue weighted by molar-refractivity contribution is 5.01. The molecule has 3 heteroatoms. The molecule has 0 spiro atoms. The van der Waals surface area contributed by atoms with Crippen molar-refractivity contribution in [2.45, 2.75) is 65.0 Å². The molecule has 0 aliphatic carbocycles. The van der Waals surface area contributed by atoms with Gasteiger partial charge >= 0.3 is 0 Å². The van der Waals surface area contributed by atoms with Gasteiger partial charge < -0.3 is 15.7 Å². The average molecular weight is 242 g/mol. The maximum atomic E-state index is 9.55. The van der Waals surface area contributed by atoms with Gasteiger partial charge in [0.25, 0.3) is 0 Å². The lowest BCUT2D eigenvalue weighted by atomic mass is 9.67.